The van der Waals surface area contributed by atoms with Gasteiger partial charge in [-0.3, -0.25) is 20.0 Å². The molecule has 0 saturated heterocycles. The molecular formula is C16H17N3O4. The lowest BCUT2D eigenvalue weighted by atomic mass is 10.0. The van der Waals surface area contributed by atoms with Gasteiger partial charge in [0.05, 0.1) is 17.9 Å². The van der Waals surface area contributed by atoms with Crippen molar-refractivity contribution in [3.8, 4) is 0 Å². The zero-order valence-corrected chi connectivity index (χ0v) is 12.4. The van der Waals surface area contributed by atoms with Crippen LogP contribution < -0.4 is 5.32 Å². The van der Waals surface area contributed by atoms with Crippen LogP contribution in [0.4, 0.5) is 4.79 Å². The number of rotatable bonds is 3. The standard InChI is InChI=1S/C16H17N3O4/c20-15(21)13-8-12-14(9-18-13)19(7-6-17-12)16(22)23-10-11-4-2-1-3-5-11/h1-6,13,18H,7-10H2,(H,20,21). The first kappa shape index (κ1) is 15.2. The Labute approximate surface area is 133 Å². The summed E-state index contributed by atoms with van der Waals surface area (Å²) in [5, 5.41) is 12.0. The molecule has 0 radical (unpaired) electrons. The molecule has 1 atom stereocenters. The lowest BCUT2D eigenvalue weighted by Crippen LogP contribution is -2.47. The molecule has 0 fully saturated rings. The van der Waals surface area contributed by atoms with Gasteiger partial charge in [-0.1, -0.05) is 30.3 Å². The topological polar surface area (TPSA) is 91.2 Å². The van der Waals surface area contributed by atoms with Crippen LogP contribution in [-0.4, -0.2) is 47.4 Å². The molecule has 7 heteroatoms. The summed E-state index contributed by atoms with van der Waals surface area (Å²) in [5.74, 6) is -0.921. The van der Waals surface area contributed by atoms with E-state index in [0.717, 1.165) is 5.56 Å². The summed E-state index contributed by atoms with van der Waals surface area (Å²) in [6.07, 6.45) is 1.40. The highest BCUT2D eigenvalue weighted by atomic mass is 16.6. The van der Waals surface area contributed by atoms with Gasteiger partial charge in [0, 0.05) is 19.2 Å². The fourth-order valence-electron chi connectivity index (χ4n) is 2.58. The molecule has 2 aliphatic heterocycles. The van der Waals surface area contributed by atoms with Gasteiger partial charge in [-0.15, -0.1) is 0 Å². The molecule has 1 unspecified atom stereocenters. The third kappa shape index (κ3) is 3.40. The number of carbonyl (C=O) groups is 2. The van der Waals surface area contributed by atoms with Crippen molar-refractivity contribution in [2.45, 2.75) is 19.1 Å². The van der Waals surface area contributed by atoms with Crippen molar-refractivity contribution in [1.82, 2.24) is 10.2 Å². The van der Waals surface area contributed by atoms with Gasteiger partial charge in [0.15, 0.2) is 0 Å². The third-order valence-corrected chi connectivity index (χ3v) is 3.81. The van der Waals surface area contributed by atoms with E-state index in [0.29, 0.717) is 17.9 Å². The summed E-state index contributed by atoms with van der Waals surface area (Å²) < 4.78 is 5.34. The van der Waals surface area contributed by atoms with Gasteiger partial charge in [-0.05, 0) is 5.56 Å². The molecule has 0 aromatic heterocycles. The van der Waals surface area contributed by atoms with Crippen molar-refractivity contribution in [3.05, 3.63) is 47.3 Å². The van der Waals surface area contributed by atoms with Crippen molar-refractivity contribution in [2.24, 2.45) is 4.99 Å². The molecule has 0 aliphatic carbocycles. The zero-order valence-electron chi connectivity index (χ0n) is 12.4. The Morgan fingerprint density at radius 1 is 1.35 bits per heavy atom. The van der Waals surface area contributed by atoms with Gasteiger partial charge in [-0.25, -0.2) is 4.79 Å². The molecule has 3 rings (SSSR count). The highest BCUT2D eigenvalue weighted by molar-refractivity contribution is 5.79. The van der Waals surface area contributed by atoms with Crippen molar-refractivity contribution >= 4 is 18.3 Å². The first-order valence-electron chi connectivity index (χ1n) is 7.34. The maximum Gasteiger partial charge on any atom is 0.414 e. The second-order valence-electron chi connectivity index (χ2n) is 5.33. The number of carboxylic acids is 1. The molecule has 1 aromatic carbocycles. The van der Waals surface area contributed by atoms with Crippen molar-refractivity contribution < 1.29 is 19.4 Å². The second-order valence-corrected chi connectivity index (χ2v) is 5.33. The normalized spacial score (nSPS) is 20.2. The minimum absolute atomic E-state index is 0.196. The maximum absolute atomic E-state index is 12.3. The average molecular weight is 315 g/mol. The number of aliphatic imine (C=N–C) groups is 1. The van der Waals surface area contributed by atoms with Gasteiger partial charge in [-0.2, -0.15) is 0 Å². The molecule has 2 N–H and O–H groups in total. The summed E-state index contributed by atoms with van der Waals surface area (Å²) >= 11 is 0. The van der Waals surface area contributed by atoms with Gasteiger partial charge >= 0.3 is 12.1 Å². The van der Waals surface area contributed by atoms with E-state index in [2.05, 4.69) is 10.3 Å². The van der Waals surface area contributed by atoms with Crippen LogP contribution >= 0.6 is 0 Å². The number of carbonyl (C=O) groups excluding carboxylic acids is 1. The minimum Gasteiger partial charge on any atom is -0.480 e. The lowest BCUT2D eigenvalue weighted by molar-refractivity contribution is -0.139. The summed E-state index contributed by atoms with van der Waals surface area (Å²) in [7, 11) is 0. The Morgan fingerprint density at radius 3 is 2.87 bits per heavy atom. The highest BCUT2D eigenvalue weighted by Crippen LogP contribution is 2.24. The Bertz CT molecular complexity index is 669. The van der Waals surface area contributed by atoms with Gasteiger partial charge < -0.3 is 9.84 Å². The number of hydrogen-bond donors (Lipinski definition) is 2. The predicted molar refractivity (Wildman–Crippen MR) is 82.9 cm³/mol. The Morgan fingerprint density at radius 2 is 2.13 bits per heavy atom. The first-order valence-corrected chi connectivity index (χ1v) is 7.34. The predicted octanol–water partition coefficient (Wildman–Crippen LogP) is 1.37. The van der Waals surface area contributed by atoms with Crippen LogP contribution in [0.5, 0.6) is 0 Å². The Hall–Kier alpha value is -2.67. The molecule has 1 amide bonds. The number of amides is 1. The van der Waals surface area contributed by atoms with E-state index in [9.17, 15) is 9.59 Å². The third-order valence-electron chi connectivity index (χ3n) is 3.81. The molecule has 0 spiro atoms. The SMILES string of the molecule is O=C(O)C1CC2=C(CN1)N(C(=O)OCc1ccccc1)CC=N2. The summed E-state index contributed by atoms with van der Waals surface area (Å²) in [4.78, 5) is 29.1. The summed E-state index contributed by atoms with van der Waals surface area (Å²) in [6.45, 7) is 0.803. The van der Waals surface area contributed by atoms with E-state index in [1.54, 1.807) is 6.21 Å². The largest absolute Gasteiger partial charge is 0.480 e. The fraction of sp³-hybridized carbons (Fsp3) is 0.312. The van der Waals surface area contributed by atoms with Gasteiger partial charge in [0.1, 0.15) is 12.6 Å². The van der Waals surface area contributed by atoms with Gasteiger partial charge in [0.2, 0.25) is 0 Å². The molecular weight excluding hydrogens is 298 g/mol. The lowest BCUT2D eigenvalue weighted by Gasteiger charge is -2.32. The number of benzene rings is 1. The summed E-state index contributed by atoms with van der Waals surface area (Å²) in [6, 6.07) is 8.76. The van der Waals surface area contributed by atoms with Gasteiger partial charge in [0.25, 0.3) is 0 Å². The van der Waals surface area contributed by atoms with Crippen molar-refractivity contribution in [3.63, 3.8) is 0 Å². The number of aliphatic carboxylic acids is 1. The average Bonchev–Trinajstić information content (AvgIpc) is 2.59. The number of hydrogen-bond acceptors (Lipinski definition) is 5. The number of carboxylic acid groups (broad SMARTS) is 1. The summed E-state index contributed by atoms with van der Waals surface area (Å²) in [5.41, 5.74) is 2.22. The van der Waals surface area contributed by atoms with Crippen molar-refractivity contribution in [1.29, 1.82) is 0 Å². The molecule has 7 nitrogen and oxygen atoms in total. The molecule has 1 aromatic rings. The number of nitrogens with zero attached hydrogens (tertiary/aromatic N) is 2. The molecule has 2 aliphatic rings. The zero-order chi connectivity index (χ0) is 16.2. The van der Waals surface area contributed by atoms with Crippen LogP contribution in [0.1, 0.15) is 12.0 Å². The van der Waals surface area contributed by atoms with E-state index in [4.69, 9.17) is 9.84 Å². The maximum atomic E-state index is 12.3. The quantitative estimate of drug-likeness (QED) is 0.879. The van der Waals surface area contributed by atoms with Crippen LogP contribution in [0.2, 0.25) is 0 Å². The number of nitrogens with one attached hydrogen (secondary N) is 1. The molecule has 2 heterocycles. The van der Waals surface area contributed by atoms with E-state index >= 15 is 0 Å². The fourth-order valence-corrected chi connectivity index (χ4v) is 2.58. The minimum atomic E-state index is -0.921. The van der Waals surface area contributed by atoms with Crippen LogP contribution in [-0.2, 0) is 16.1 Å². The van der Waals surface area contributed by atoms with Crippen LogP contribution in [0.15, 0.2) is 46.7 Å². The van der Waals surface area contributed by atoms with Crippen LogP contribution in [0.3, 0.4) is 0 Å². The van der Waals surface area contributed by atoms with Crippen LogP contribution in [0, 0.1) is 0 Å². The van der Waals surface area contributed by atoms with E-state index < -0.39 is 18.1 Å². The molecule has 0 bridgehead atoms. The molecule has 0 saturated carbocycles. The first-order chi connectivity index (χ1) is 11.1. The van der Waals surface area contributed by atoms with Crippen molar-refractivity contribution in [2.75, 3.05) is 13.1 Å². The van der Waals surface area contributed by atoms with E-state index in [1.165, 1.54) is 4.90 Å². The second kappa shape index (κ2) is 6.62. The monoisotopic (exact) mass is 315 g/mol. The number of ether oxygens (including phenoxy) is 1. The van der Waals surface area contributed by atoms with Crippen LogP contribution in [0.25, 0.3) is 0 Å². The molecule has 23 heavy (non-hydrogen) atoms. The smallest absolute Gasteiger partial charge is 0.414 e. The Balaban J connectivity index is 1.67. The Kier molecular flexibility index (Phi) is 4.38. The van der Waals surface area contributed by atoms with E-state index in [1.807, 2.05) is 30.3 Å². The highest BCUT2D eigenvalue weighted by Gasteiger charge is 2.32. The van der Waals surface area contributed by atoms with E-state index in [-0.39, 0.29) is 19.6 Å². The molecule has 120 valence electrons.